The smallest absolute Gasteiger partial charge is 0.326 e. The largest absolute Gasteiger partial charge is 0.480 e. The predicted octanol–water partition coefficient (Wildman–Crippen LogP) is 2.75. The van der Waals surface area contributed by atoms with Crippen molar-refractivity contribution in [2.24, 2.45) is 5.92 Å². The Morgan fingerprint density at radius 3 is 2.45 bits per heavy atom. The maximum Gasteiger partial charge on any atom is 0.326 e. The molecule has 1 aromatic rings. The average molecular weight is 282 g/mol. The SMILES string of the molecule is Cc1cc(F)cc(NC(=O)N[C@H](CC(C)C)C(=O)O)c1. The van der Waals surface area contributed by atoms with Crippen LogP contribution in [0.2, 0.25) is 0 Å². The van der Waals surface area contributed by atoms with E-state index in [2.05, 4.69) is 10.6 Å². The van der Waals surface area contributed by atoms with Gasteiger partial charge < -0.3 is 15.7 Å². The molecular weight excluding hydrogens is 263 g/mol. The Bertz CT molecular complexity index is 483. The molecule has 0 saturated heterocycles. The molecule has 3 N–H and O–H groups in total. The third-order valence-electron chi connectivity index (χ3n) is 2.61. The van der Waals surface area contributed by atoms with E-state index in [1.165, 1.54) is 12.1 Å². The standard InChI is InChI=1S/C14H19FN2O3/c1-8(2)4-12(13(18)19)17-14(20)16-11-6-9(3)5-10(15)7-11/h5-8,12H,4H2,1-3H3,(H,18,19)(H2,16,17,20)/t12-/m1/s1. The highest BCUT2D eigenvalue weighted by molar-refractivity contribution is 5.92. The van der Waals surface area contributed by atoms with Crippen LogP contribution in [0, 0.1) is 18.7 Å². The van der Waals surface area contributed by atoms with Crippen molar-refractivity contribution in [3.8, 4) is 0 Å². The number of carboxylic acids is 1. The summed E-state index contributed by atoms with van der Waals surface area (Å²) in [5.74, 6) is -1.42. The molecule has 0 radical (unpaired) electrons. The monoisotopic (exact) mass is 282 g/mol. The topological polar surface area (TPSA) is 78.4 Å². The van der Waals surface area contributed by atoms with Gasteiger partial charge in [-0.1, -0.05) is 13.8 Å². The highest BCUT2D eigenvalue weighted by Gasteiger charge is 2.21. The van der Waals surface area contributed by atoms with Crippen molar-refractivity contribution in [1.29, 1.82) is 0 Å². The van der Waals surface area contributed by atoms with Crippen LogP contribution < -0.4 is 10.6 Å². The number of carbonyl (C=O) groups is 2. The maximum atomic E-state index is 13.2. The second kappa shape index (κ2) is 6.88. The van der Waals surface area contributed by atoms with Crippen molar-refractivity contribution in [3.05, 3.63) is 29.6 Å². The van der Waals surface area contributed by atoms with Crippen LogP contribution in [0.15, 0.2) is 18.2 Å². The Labute approximate surface area is 117 Å². The van der Waals surface area contributed by atoms with Crippen LogP contribution in [0.25, 0.3) is 0 Å². The fourth-order valence-corrected chi connectivity index (χ4v) is 1.83. The lowest BCUT2D eigenvalue weighted by Gasteiger charge is -2.17. The van der Waals surface area contributed by atoms with Gasteiger partial charge in [0, 0.05) is 5.69 Å². The van der Waals surface area contributed by atoms with Crippen LogP contribution in [0.5, 0.6) is 0 Å². The first kappa shape index (κ1) is 15.9. The number of carboxylic acid groups (broad SMARTS) is 1. The maximum absolute atomic E-state index is 13.2. The lowest BCUT2D eigenvalue weighted by atomic mass is 10.0. The number of urea groups is 1. The van der Waals surface area contributed by atoms with Gasteiger partial charge in [0.05, 0.1) is 0 Å². The summed E-state index contributed by atoms with van der Waals surface area (Å²) in [6.45, 7) is 5.43. The number of hydrogen-bond acceptors (Lipinski definition) is 2. The van der Waals surface area contributed by atoms with E-state index < -0.39 is 23.9 Å². The molecule has 6 heteroatoms. The Morgan fingerprint density at radius 1 is 1.30 bits per heavy atom. The van der Waals surface area contributed by atoms with Crippen LogP contribution in [0.4, 0.5) is 14.9 Å². The van der Waals surface area contributed by atoms with Gasteiger partial charge in [-0.15, -0.1) is 0 Å². The summed E-state index contributed by atoms with van der Waals surface area (Å²) in [5, 5.41) is 13.8. The molecule has 0 aliphatic rings. The van der Waals surface area contributed by atoms with E-state index in [1.54, 1.807) is 13.0 Å². The van der Waals surface area contributed by atoms with E-state index in [-0.39, 0.29) is 11.6 Å². The van der Waals surface area contributed by atoms with E-state index >= 15 is 0 Å². The zero-order chi connectivity index (χ0) is 15.3. The lowest BCUT2D eigenvalue weighted by Crippen LogP contribution is -2.43. The van der Waals surface area contributed by atoms with Crippen LogP contribution >= 0.6 is 0 Å². The van der Waals surface area contributed by atoms with Crippen molar-refractivity contribution in [2.45, 2.75) is 33.2 Å². The fourth-order valence-electron chi connectivity index (χ4n) is 1.83. The molecule has 0 aliphatic carbocycles. The summed E-state index contributed by atoms with van der Waals surface area (Å²) in [7, 11) is 0. The molecule has 5 nitrogen and oxygen atoms in total. The predicted molar refractivity (Wildman–Crippen MR) is 74.2 cm³/mol. The van der Waals surface area contributed by atoms with Crippen molar-refractivity contribution >= 4 is 17.7 Å². The molecule has 0 saturated carbocycles. The van der Waals surface area contributed by atoms with Gasteiger partial charge in [0.25, 0.3) is 0 Å². The summed E-state index contributed by atoms with van der Waals surface area (Å²) >= 11 is 0. The molecule has 1 aromatic carbocycles. The van der Waals surface area contributed by atoms with Crippen LogP contribution in [-0.2, 0) is 4.79 Å². The number of aliphatic carboxylic acids is 1. The molecule has 0 spiro atoms. The summed E-state index contributed by atoms with van der Waals surface area (Å²) in [5.41, 5.74) is 0.950. The highest BCUT2D eigenvalue weighted by Crippen LogP contribution is 2.13. The summed E-state index contributed by atoms with van der Waals surface area (Å²) < 4.78 is 13.2. The molecule has 0 heterocycles. The van der Waals surface area contributed by atoms with Crippen molar-refractivity contribution in [2.75, 3.05) is 5.32 Å². The number of benzene rings is 1. The molecule has 1 atom stereocenters. The van der Waals surface area contributed by atoms with Gasteiger partial charge in [-0.05, 0) is 43.0 Å². The quantitative estimate of drug-likeness (QED) is 0.777. The zero-order valence-corrected chi connectivity index (χ0v) is 11.7. The zero-order valence-electron chi connectivity index (χ0n) is 11.7. The van der Waals surface area contributed by atoms with E-state index in [0.717, 1.165) is 0 Å². The normalized spacial score (nSPS) is 12.1. The van der Waals surface area contributed by atoms with Crippen LogP contribution in [-0.4, -0.2) is 23.1 Å². The van der Waals surface area contributed by atoms with Crippen molar-refractivity contribution in [3.63, 3.8) is 0 Å². The van der Waals surface area contributed by atoms with Gasteiger partial charge in [0.1, 0.15) is 11.9 Å². The number of rotatable bonds is 5. The van der Waals surface area contributed by atoms with E-state index in [9.17, 15) is 14.0 Å². The van der Waals surface area contributed by atoms with E-state index in [4.69, 9.17) is 5.11 Å². The summed E-state index contributed by atoms with van der Waals surface area (Å²) in [6.07, 6.45) is 0.324. The summed E-state index contributed by atoms with van der Waals surface area (Å²) in [4.78, 5) is 22.8. The fraction of sp³-hybridized carbons (Fsp3) is 0.429. The number of hydrogen-bond donors (Lipinski definition) is 3. The first-order valence-electron chi connectivity index (χ1n) is 6.35. The second-order valence-electron chi connectivity index (χ2n) is 5.14. The van der Waals surface area contributed by atoms with E-state index in [0.29, 0.717) is 12.0 Å². The van der Waals surface area contributed by atoms with Crippen molar-refractivity contribution in [1.82, 2.24) is 5.32 Å². The van der Waals surface area contributed by atoms with Gasteiger partial charge in [0.15, 0.2) is 0 Å². The molecule has 1 rings (SSSR count). The van der Waals surface area contributed by atoms with E-state index in [1.807, 2.05) is 13.8 Å². The Hall–Kier alpha value is -2.11. The first-order chi connectivity index (χ1) is 9.27. The number of amides is 2. The minimum atomic E-state index is -1.09. The second-order valence-corrected chi connectivity index (χ2v) is 5.14. The number of anilines is 1. The van der Waals surface area contributed by atoms with Crippen molar-refractivity contribution < 1.29 is 19.1 Å². The number of nitrogens with one attached hydrogen (secondary N) is 2. The molecule has 2 amide bonds. The number of carbonyl (C=O) groups excluding carboxylic acids is 1. The van der Waals surface area contributed by atoms with Crippen LogP contribution in [0.1, 0.15) is 25.8 Å². The Morgan fingerprint density at radius 2 is 1.95 bits per heavy atom. The number of halogens is 1. The van der Waals surface area contributed by atoms with Gasteiger partial charge in [-0.3, -0.25) is 0 Å². The van der Waals surface area contributed by atoms with Gasteiger partial charge in [-0.2, -0.15) is 0 Å². The molecular formula is C14H19FN2O3. The molecule has 0 aliphatic heterocycles. The van der Waals surface area contributed by atoms with Gasteiger partial charge >= 0.3 is 12.0 Å². The third kappa shape index (κ3) is 5.26. The molecule has 110 valence electrons. The molecule has 0 bridgehead atoms. The third-order valence-corrected chi connectivity index (χ3v) is 2.61. The van der Waals surface area contributed by atoms with Gasteiger partial charge in [-0.25, -0.2) is 14.0 Å². The molecule has 0 unspecified atom stereocenters. The molecule has 0 fully saturated rings. The highest BCUT2D eigenvalue weighted by atomic mass is 19.1. The first-order valence-corrected chi connectivity index (χ1v) is 6.35. The van der Waals surface area contributed by atoms with Crippen LogP contribution in [0.3, 0.4) is 0 Å². The molecule has 0 aromatic heterocycles. The lowest BCUT2D eigenvalue weighted by molar-refractivity contribution is -0.139. The number of aryl methyl sites for hydroxylation is 1. The minimum absolute atomic E-state index is 0.132. The Kier molecular flexibility index (Phi) is 5.49. The molecule has 20 heavy (non-hydrogen) atoms. The Balaban J connectivity index is 2.68. The summed E-state index contributed by atoms with van der Waals surface area (Å²) in [6, 6.07) is 2.47. The average Bonchev–Trinajstić information content (AvgIpc) is 2.25. The van der Waals surface area contributed by atoms with Gasteiger partial charge in [0.2, 0.25) is 0 Å². The minimum Gasteiger partial charge on any atom is -0.480 e.